The SMILES string of the molecule is CCCOc1ccc(/C=C2\N=C(c3cc(OC)cc(OC)c3)OC2=O)cc1OCC. The molecule has 1 aliphatic heterocycles. The van der Waals surface area contributed by atoms with Crippen molar-refractivity contribution < 1.29 is 28.5 Å². The van der Waals surface area contributed by atoms with Crippen LogP contribution in [0.25, 0.3) is 6.08 Å². The molecule has 0 aliphatic carbocycles. The van der Waals surface area contributed by atoms with E-state index in [4.69, 9.17) is 23.7 Å². The number of cyclic esters (lactones) is 1. The zero-order valence-corrected chi connectivity index (χ0v) is 17.6. The zero-order valence-electron chi connectivity index (χ0n) is 17.6. The summed E-state index contributed by atoms with van der Waals surface area (Å²) in [5.41, 5.74) is 1.53. The topological polar surface area (TPSA) is 75.6 Å². The quantitative estimate of drug-likeness (QED) is 0.454. The Morgan fingerprint density at radius 3 is 2.33 bits per heavy atom. The number of hydrogen-bond acceptors (Lipinski definition) is 7. The number of ether oxygens (including phenoxy) is 5. The van der Waals surface area contributed by atoms with Crippen molar-refractivity contribution in [3.8, 4) is 23.0 Å². The maximum absolute atomic E-state index is 12.4. The second kappa shape index (κ2) is 9.82. The molecule has 1 heterocycles. The number of esters is 1. The van der Waals surface area contributed by atoms with Gasteiger partial charge in [0, 0.05) is 11.6 Å². The van der Waals surface area contributed by atoms with Crippen LogP contribution in [0, 0.1) is 0 Å². The molecule has 0 spiro atoms. The van der Waals surface area contributed by atoms with E-state index in [1.165, 1.54) is 0 Å². The fraction of sp³-hybridized carbons (Fsp3) is 0.304. The lowest BCUT2D eigenvalue weighted by Crippen LogP contribution is -2.06. The molecular weight excluding hydrogens is 386 g/mol. The summed E-state index contributed by atoms with van der Waals surface area (Å²) in [6.45, 7) is 5.05. The third-order valence-corrected chi connectivity index (χ3v) is 4.25. The van der Waals surface area contributed by atoms with E-state index >= 15 is 0 Å². The van der Waals surface area contributed by atoms with Gasteiger partial charge in [0.25, 0.3) is 0 Å². The van der Waals surface area contributed by atoms with Gasteiger partial charge in [-0.15, -0.1) is 0 Å². The molecule has 0 radical (unpaired) electrons. The number of aliphatic imine (C=N–C) groups is 1. The van der Waals surface area contributed by atoms with E-state index in [1.54, 1.807) is 38.5 Å². The maximum Gasteiger partial charge on any atom is 0.363 e. The second-order valence-electron chi connectivity index (χ2n) is 6.43. The minimum atomic E-state index is -0.531. The third kappa shape index (κ3) is 4.92. The predicted octanol–water partition coefficient (Wildman–Crippen LogP) is 4.24. The van der Waals surface area contributed by atoms with Gasteiger partial charge in [0.1, 0.15) is 11.5 Å². The van der Waals surface area contributed by atoms with Crippen molar-refractivity contribution >= 4 is 17.9 Å². The summed E-state index contributed by atoms with van der Waals surface area (Å²) in [4.78, 5) is 16.7. The minimum Gasteiger partial charge on any atom is -0.497 e. The summed E-state index contributed by atoms with van der Waals surface area (Å²) >= 11 is 0. The molecule has 0 atom stereocenters. The molecule has 2 aromatic carbocycles. The van der Waals surface area contributed by atoms with E-state index in [0.717, 1.165) is 12.0 Å². The van der Waals surface area contributed by atoms with Crippen molar-refractivity contribution in [2.75, 3.05) is 27.4 Å². The van der Waals surface area contributed by atoms with Crippen LogP contribution in [0.1, 0.15) is 31.4 Å². The Labute approximate surface area is 175 Å². The summed E-state index contributed by atoms with van der Waals surface area (Å²) in [6, 6.07) is 10.7. The summed E-state index contributed by atoms with van der Waals surface area (Å²) in [5.74, 6) is 2.09. The lowest BCUT2D eigenvalue weighted by Gasteiger charge is -2.12. The predicted molar refractivity (Wildman–Crippen MR) is 114 cm³/mol. The normalized spacial score (nSPS) is 14.3. The first-order chi connectivity index (χ1) is 14.6. The van der Waals surface area contributed by atoms with Crippen LogP contribution in [0.4, 0.5) is 0 Å². The van der Waals surface area contributed by atoms with Gasteiger partial charge in [0.15, 0.2) is 17.2 Å². The van der Waals surface area contributed by atoms with Gasteiger partial charge >= 0.3 is 5.97 Å². The van der Waals surface area contributed by atoms with E-state index in [1.807, 2.05) is 32.0 Å². The Hall–Kier alpha value is -3.48. The van der Waals surface area contributed by atoms with Crippen molar-refractivity contribution in [3.63, 3.8) is 0 Å². The van der Waals surface area contributed by atoms with Gasteiger partial charge in [0.2, 0.25) is 5.90 Å². The van der Waals surface area contributed by atoms with Crippen LogP contribution in [-0.4, -0.2) is 39.3 Å². The molecule has 2 aromatic rings. The Balaban J connectivity index is 1.91. The van der Waals surface area contributed by atoms with Gasteiger partial charge in [-0.2, -0.15) is 0 Å². The molecule has 0 saturated carbocycles. The number of carbonyl (C=O) groups excluding carboxylic acids is 1. The van der Waals surface area contributed by atoms with E-state index in [9.17, 15) is 4.79 Å². The van der Waals surface area contributed by atoms with Crippen molar-refractivity contribution in [1.82, 2.24) is 0 Å². The number of nitrogens with zero attached hydrogens (tertiary/aromatic N) is 1. The number of methoxy groups -OCH3 is 2. The lowest BCUT2D eigenvalue weighted by atomic mass is 10.1. The van der Waals surface area contributed by atoms with E-state index in [0.29, 0.717) is 41.8 Å². The zero-order chi connectivity index (χ0) is 21.5. The standard InChI is InChI=1S/C23H25NO6/c1-5-9-29-20-8-7-15(11-21(20)28-6-2)10-19-23(25)30-22(24-19)16-12-17(26-3)14-18(13-16)27-4/h7-8,10-14H,5-6,9H2,1-4H3/b19-10-. The van der Waals surface area contributed by atoms with Crippen LogP contribution < -0.4 is 18.9 Å². The molecular formula is C23H25NO6. The van der Waals surface area contributed by atoms with Gasteiger partial charge in [-0.3, -0.25) is 0 Å². The molecule has 1 aliphatic rings. The first-order valence-corrected chi connectivity index (χ1v) is 9.73. The highest BCUT2D eigenvalue weighted by Gasteiger charge is 2.25. The number of hydrogen-bond donors (Lipinski definition) is 0. The van der Waals surface area contributed by atoms with Crippen LogP contribution in [0.3, 0.4) is 0 Å². The molecule has 3 rings (SSSR count). The molecule has 0 fully saturated rings. The minimum absolute atomic E-state index is 0.191. The fourth-order valence-corrected chi connectivity index (χ4v) is 2.84. The molecule has 7 heteroatoms. The molecule has 0 amide bonds. The molecule has 7 nitrogen and oxygen atoms in total. The molecule has 0 N–H and O–H groups in total. The summed E-state index contributed by atoms with van der Waals surface area (Å²) in [7, 11) is 3.10. The van der Waals surface area contributed by atoms with Crippen molar-refractivity contribution in [1.29, 1.82) is 0 Å². The number of benzene rings is 2. The summed E-state index contributed by atoms with van der Waals surface area (Å²) in [5, 5.41) is 0. The largest absolute Gasteiger partial charge is 0.497 e. The van der Waals surface area contributed by atoms with Crippen LogP contribution in [0.5, 0.6) is 23.0 Å². The Bertz CT molecular complexity index is 957. The monoisotopic (exact) mass is 411 g/mol. The number of carbonyl (C=O) groups is 1. The smallest absolute Gasteiger partial charge is 0.363 e. The first-order valence-electron chi connectivity index (χ1n) is 9.73. The van der Waals surface area contributed by atoms with E-state index < -0.39 is 5.97 Å². The maximum atomic E-state index is 12.4. The van der Waals surface area contributed by atoms with Crippen molar-refractivity contribution in [3.05, 3.63) is 53.2 Å². The van der Waals surface area contributed by atoms with Crippen LogP contribution >= 0.6 is 0 Å². The van der Waals surface area contributed by atoms with Gasteiger partial charge < -0.3 is 23.7 Å². The Kier molecular flexibility index (Phi) is 6.95. The van der Waals surface area contributed by atoms with Crippen LogP contribution in [-0.2, 0) is 9.53 Å². The molecule has 0 unspecified atom stereocenters. The van der Waals surface area contributed by atoms with Gasteiger partial charge in [0.05, 0.1) is 27.4 Å². The molecule has 0 aromatic heterocycles. The van der Waals surface area contributed by atoms with Crippen LogP contribution in [0.2, 0.25) is 0 Å². The second-order valence-corrected chi connectivity index (χ2v) is 6.43. The Morgan fingerprint density at radius 1 is 0.967 bits per heavy atom. The highest BCUT2D eigenvalue weighted by Crippen LogP contribution is 2.31. The molecule has 30 heavy (non-hydrogen) atoms. The Morgan fingerprint density at radius 2 is 1.70 bits per heavy atom. The van der Waals surface area contributed by atoms with Crippen LogP contribution in [0.15, 0.2) is 47.1 Å². The van der Waals surface area contributed by atoms with E-state index in [-0.39, 0.29) is 11.6 Å². The highest BCUT2D eigenvalue weighted by molar-refractivity contribution is 6.13. The average Bonchev–Trinajstić information content (AvgIpc) is 3.13. The first kappa shape index (κ1) is 21.2. The summed E-state index contributed by atoms with van der Waals surface area (Å²) < 4.78 is 27.3. The molecule has 158 valence electrons. The summed E-state index contributed by atoms with van der Waals surface area (Å²) in [6.07, 6.45) is 2.55. The fourth-order valence-electron chi connectivity index (χ4n) is 2.84. The average molecular weight is 411 g/mol. The van der Waals surface area contributed by atoms with Gasteiger partial charge in [-0.25, -0.2) is 9.79 Å². The third-order valence-electron chi connectivity index (χ3n) is 4.25. The van der Waals surface area contributed by atoms with E-state index in [2.05, 4.69) is 4.99 Å². The van der Waals surface area contributed by atoms with Gasteiger partial charge in [-0.05, 0) is 49.2 Å². The molecule has 0 saturated heterocycles. The van der Waals surface area contributed by atoms with Crippen molar-refractivity contribution in [2.24, 2.45) is 4.99 Å². The highest BCUT2D eigenvalue weighted by atomic mass is 16.6. The molecule has 0 bridgehead atoms. The van der Waals surface area contributed by atoms with Crippen molar-refractivity contribution in [2.45, 2.75) is 20.3 Å². The number of rotatable bonds is 9. The van der Waals surface area contributed by atoms with Gasteiger partial charge in [-0.1, -0.05) is 13.0 Å². The lowest BCUT2D eigenvalue weighted by molar-refractivity contribution is -0.129.